The number of nitrogens with zero attached hydrogens (tertiary/aromatic N) is 1. The lowest BCUT2D eigenvalue weighted by Gasteiger charge is -2.05. The monoisotopic (exact) mass is 260 g/mol. The number of benzene rings is 1. The topological polar surface area (TPSA) is 45.8 Å². The van der Waals surface area contributed by atoms with E-state index in [-0.39, 0.29) is 5.69 Å². The molecule has 100 valence electrons. The van der Waals surface area contributed by atoms with Gasteiger partial charge in [-0.25, -0.2) is 4.98 Å². The molecule has 3 nitrogen and oxygen atoms in total. The largest absolute Gasteiger partial charge is 0.304 e. The third-order valence-electron chi connectivity index (χ3n) is 3.00. The average molecular weight is 260 g/mol. The lowest BCUT2D eigenvalue weighted by atomic mass is 10.1. The van der Waals surface area contributed by atoms with Gasteiger partial charge in [-0.05, 0) is 12.8 Å². The molecule has 0 amide bonds. The molecule has 0 aliphatic rings. The summed E-state index contributed by atoms with van der Waals surface area (Å²) in [4.78, 5) is 18.3. The Bertz CT molecular complexity index is 593. The van der Waals surface area contributed by atoms with Crippen LogP contribution in [0.3, 0.4) is 0 Å². The van der Waals surface area contributed by atoms with E-state index in [0.717, 1.165) is 24.8 Å². The van der Waals surface area contributed by atoms with Gasteiger partial charge in [-0.2, -0.15) is 4.39 Å². The first-order valence-electron chi connectivity index (χ1n) is 6.56. The van der Waals surface area contributed by atoms with E-state index in [2.05, 4.69) is 16.9 Å². The van der Waals surface area contributed by atoms with Gasteiger partial charge in [0.2, 0.25) is 5.82 Å². The highest BCUT2D eigenvalue weighted by Gasteiger charge is 2.11. The molecule has 0 atom stereocenters. The minimum Gasteiger partial charge on any atom is -0.304 e. The summed E-state index contributed by atoms with van der Waals surface area (Å²) in [6.07, 6.45) is 3.41. The molecular formula is C15H17FN2O. The summed E-state index contributed by atoms with van der Waals surface area (Å²) >= 11 is 0. The van der Waals surface area contributed by atoms with Crippen LogP contribution < -0.4 is 5.56 Å². The van der Waals surface area contributed by atoms with Crippen molar-refractivity contribution in [2.45, 2.75) is 32.6 Å². The highest BCUT2D eigenvalue weighted by Crippen LogP contribution is 2.14. The second kappa shape index (κ2) is 6.27. The fourth-order valence-electron chi connectivity index (χ4n) is 1.95. The van der Waals surface area contributed by atoms with Crippen molar-refractivity contribution in [1.29, 1.82) is 0 Å². The standard InChI is InChI=1S/C15H17FN2O/c1-2-3-5-10-12-13(16)15(19)18-14(17-12)11-8-6-4-7-9-11/h4,6-9H,2-3,5,10H2,1H3,(H,17,18,19). The Balaban J connectivity index is 2.34. The minimum absolute atomic E-state index is 0.260. The van der Waals surface area contributed by atoms with E-state index in [9.17, 15) is 9.18 Å². The van der Waals surface area contributed by atoms with Gasteiger partial charge in [0.05, 0.1) is 5.69 Å². The van der Waals surface area contributed by atoms with E-state index in [0.29, 0.717) is 12.2 Å². The van der Waals surface area contributed by atoms with Crippen LogP contribution in [0.4, 0.5) is 4.39 Å². The number of aryl methyl sites for hydroxylation is 1. The number of H-pyrrole nitrogens is 1. The zero-order valence-corrected chi connectivity index (χ0v) is 10.9. The first-order valence-corrected chi connectivity index (χ1v) is 6.56. The number of nitrogens with one attached hydrogen (secondary N) is 1. The van der Waals surface area contributed by atoms with E-state index in [1.165, 1.54) is 0 Å². The molecule has 0 aliphatic carbocycles. The summed E-state index contributed by atoms with van der Waals surface area (Å²) in [6.45, 7) is 2.08. The highest BCUT2D eigenvalue weighted by molar-refractivity contribution is 5.54. The molecule has 0 spiro atoms. The van der Waals surface area contributed by atoms with E-state index in [4.69, 9.17) is 0 Å². The molecule has 1 N–H and O–H groups in total. The Morgan fingerprint density at radius 3 is 2.63 bits per heavy atom. The van der Waals surface area contributed by atoms with Crippen LogP contribution in [0.25, 0.3) is 11.4 Å². The number of hydrogen-bond acceptors (Lipinski definition) is 2. The number of rotatable bonds is 5. The van der Waals surface area contributed by atoms with Crippen molar-refractivity contribution >= 4 is 0 Å². The molecule has 19 heavy (non-hydrogen) atoms. The molecule has 2 aromatic rings. The molecule has 0 unspecified atom stereocenters. The summed E-state index contributed by atoms with van der Waals surface area (Å²) in [6, 6.07) is 9.27. The van der Waals surface area contributed by atoms with Crippen molar-refractivity contribution in [1.82, 2.24) is 9.97 Å². The predicted molar refractivity (Wildman–Crippen MR) is 73.5 cm³/mol. The van der Waals surface area contributed by atoms with Crippen molar-refractivity contribution < 1.29 is 4.39 Å². The SMILES string of the molecule is CCCCCc1nc(-c2ccccc2)[nH]c(=O)c1F. The molecule has 0 bridgehead atoms. The number of unbranched alkanes of at least 4 members (excludes halogenated alkanes) is 2. The van der Waals surface area contributed by atoms with Crippen LogP contribution in [-0.2, 0) is 6.42 Å². The molecule has 1 aromatic heterocycles. The maximum absolute atomic E-state index is 13.7. The van der Waals surface area contributed by atoms with Gasteiger partial charge >= 0.3 is 0 Å². The van der Waals surface area contributed by atoms with Gasteiger partial charge in [-0.15, -0.1) is 0 Å². The van der Waals surface area contributed by atoms with Crippen molar-refractivity contribution in [3.8, 4) is 11.4 Å². The maximum atomic E-state index is 13.7. The molecule has 0 saturated heterocycles. The second-order valence-corrected chi connectivity index (χ2v) is 4.50. The predicted octanol–water partition coefficient (Wildman–Crippen LogP) is 3.31. The molecule has 0 fully saturated rings. The Hall–Kier alpha value is -1.97. The Morgan fingerprint density at radius 2 is 1.95 bits per heavy atom. The maximum Gasteiger partial charge on any atom is 0.287 e. The number of halogens is 1. The molecule has 4 heteroatoms. The van der Waals surface area contributed by atoms with Crippen LogP contribution >= 0.6 is 0 Å². The Morgan fingerprint density at radius 1 is 1.21 bits per heavy atom. The summed E-state index contributed by atoms with van der Waals surface area (Å²) in [5.41, 5.74) is 0.354. The number of aromatic amines is 1. The van der Waals surface area contributed by atoms with Crippen LogP contribution in [0.2, 0.25) is 0 Å². The molecule has 2 rings (SSSR count). The fourth-order valence-corrected chi connectivity index (χ4v) is 1.95. The van der Waals surface area contributed by atoms with Gasteiger partial charge in [0.25, 0.3) is 5.56 Å². The average Bonchev–Trinajstić information content (AvgIpc) is 2.44. The third kappa shape index (κ3) is 3.28. The van der Waals surface area contributed by atoms with E-state index < -0.39 is 11.4 Å². The van der Waals surface area contributed by atoms with Crippen LogP contribution in [0, 0.1) is 5.82 Å². The summed E-state index contributed by atoms with van der Waals surface area (Å²) in [5, 5.41) is 0. The Labute approximate surface area is 111 Å². The first kappa shape index (κ1) is 13.5. The zero-order chi connectivity index (χ0) is 13.7. The van der Waals surface area contributed by atoms with Gasteiger partial charge in [-0.1, -0.05) is 50.1 Å². The summed E-state index contributed by atoms with van der Waals surface area (Å²) in [5.74, 6) is -0.325. The van der Waals surface area contributed by atoms with Crippen molar-refractivity contribution in [2.75, 3.05) is 0 Å². The van der Waals surface area contributed by atoms with Crippen LogP contribution in [0.1, 0.15) is 31.9 Å². The van der Waals surface area contributed by atoms with Gasteiger partial charge in [0, 0.05) is 5.56 Å². The molecule has 0 saturated carbocycles. The van der Waals surface area contributed by atoms with Gasteiger partial charge in [0.1, 0.15) is 5.82 Å². The van der Waals surface area contributed by atoms with Crippen molar-refractivity contribution in [3.05, 3.63) is 52.2 Å². The zero-order valence-electron chi connectivity index (χ0n) is 10.9. The number of aromatic nitrogens is 2. The van der Waals surface area contributed by atoms with E-state index in [1.54, 1.807) is 0 Å². The fraction of sp³-hybridized carbons (Fsp3) is 0.333. The quantitative estimate of drug-likeness (QED) is 0.838. The lowest BCUT2D eigenvalue weighted by Crippen LogP contribution is -2.17. The Kier molecular flexibility index (Phi) is 4.44. The number of hydrogen-bond donors (Lipinski definition) is 1. The van der Waals surface area contributed by atoms with E-state index >= 15 is 0 Å². The molecular weight excluding hydrogens is 243 g/mol. The minimum atomic E-state index is -0.754. The second-order valence-electron chi connectivity index (χ2n) is 4.50. The van der Waals surface area contributed by atoms with Crippen LogP contribution in [0.5, 0.6) is 0 Å². The van der Waals surface area contributed by atoms with Crippen molar-refractivity contribution in [2.24, 2.45) is 0 Å². The van der Waals surface area contributed by atoms with Crippen molar-refractivity contribution in [3.63, 3.8) is 0 Å². The highest BCUT2D eigenvalue weighted by atomic mass is 19.1. The third-order valence-corrected chi connectivity index (χ3v) is 3.00. The summed E-state index contributed by atoms with van der Waals surface area (Å²) < 4.78 is 13.7. The molecule has 0 radical (unpaired) electrons. The van der Waals surface area contributed by atoms with Crippen LogP contribution in [0.15, 0.2) is 35.1 Å². The smallest absolute Gasteiger partial charge is 0.287 e. The molecule has 1 heterocycles. The van der Waals surface area contributed by atoms with Gasteiger partial charge in [0.15, 0.2) is 0 Å². The first-order chi connectivity index (χ1) is 9.22. The van der Waals surface area contributed by atoms with Crippen LogP contribution in [-0.4, -0.2) is 9.97 Å². The lowest BCUT2D eigenvalue weighted by molar-refractivity contribution is 0.568. The normalized spacial score (nSPS) is 10.6. The van der Waals surface area contributed by atoms with Gasteiger partial charge in [-0.3, -0.25) is 4.79 Å². The summed E-state index contributed by atoms with van der Waals surface area (Å²) in [7, 11) is 0. The molecule has 1 aromatic carbocycles. The molecule has 0 aliphatic heterocycles. The van der Waals surface area contributed by atoms with Gasteiger partial charge < -0.3 is 4.98 Å². The van der Waals surface area contributed by atoms with E-state index in [1.807, 2.05) is 30.3 Å².